The second-order valence-electron chi connectivity index (χ2n) is 3.63. The quantitative estimate of drug-likeness (QED) is 0.797. The third-order valence-corrected chi connectivity index (χ3v) is 2.53. The van der Waals surface area contributed by atoms with Crippen molar-refractivity contribution < 1.29 is 9.53 Å². The van der Waals surface area contributed by atoms with Crippen molar-refractivity contribution in [3.05, 3.63) is 24.5 Å². The molecule has 1 aromatic rings. The number of hydrogen-bond donors (Lipinski definition) is 1. The zero-order valence-corrected chi connectivity index (χ0v) is 9.70. The van der Waals surface area contributed by atoms with Crippen molar-refractivity contribution in [2.75, 3.05) is 13.1 Å². The summed E-state index contributed by atoms with van der Waals surface area (Å²) in [5.74, 6) is 0.428. The molecule has 0 saturated carbocycles. The highest BCUT2D eigenvalue weighted by molar-refractivity contribution is 5.85. The summed E-state index contributed by atoms with van der Waals surface area (Å²) in [4.78, 5) is 15.6. The Morgan fingerprint density at radius 2 is 2.19 bits per heavy atom. The van der Waals surface area contributed by atoms with Crippen LogP contribution in [0.15, 0.2) is 24.5 Å². The van der Waals surface area contributed by atoms with Crippen molar-refractivity contribution in [1.29, 1.82) is 0 Å². The number of hydrogen-bond acceptors (Lipinski definition) is 4. The van der Waals surface area contributed by atoms with Crippen molar-refractivity contribution in [1.82, 2.24) is 10.3 Å². The van der Waals surface area contributed by atoms with Gasteiger partial charge in [-0.3, -0.25) is 9.78 Å². The number of carbonyl (C=O) groups excluding carboxylic acids is 1. The molecule has 88 valence electrons. The number of ether oxygens (including phenoxy) is 1. The van der Waals surface area contributed by atoms with Crippen LogP contribution >= 0.6 is 12.4 Å². The van der Waals surface area contributed by atoms with Gasteiger partial charge in [0, 0.05) is 6.20 Å². The molecule has 0 spiro atoms. The summed E-state index contributed by atoms with van der Waals surface area (Å²) in [5, 5.41) is 3.21. The number of pyridine rings is 1. The summed E-state index contributed by atoms with van der Waals surface area (Å²) in [6.45, 7) is 1.79. The van der Waals surface area contributed by atoms with Crippen LogP contribution in [0, 0.1) is 5.92 Å². The van der Waals surface area contributed by atoms with Gasteiger partial charge < -0.3 is 10.1 Å². The number of esters is 1. The van der Waals surface area contributed by atoms with Gasteiger partial charge in [-0.15, -0.1) is 12.4 Å². The zero-order chi connectivity index (χ0) is 10.5. The number of nitrogens with zero attached hydrogens (tertiary/aromatic N) is 1. The van der Waals surface area contributed by atoms with Crippen LogP contribution in [-0.4, -0.2) is 24.0 Å². The fraction of sp³-hybridized carbons (Fsp3) is 0.455. The van der Waals surface area contributed by atoms with E-state index in [-0.39, 0.29) is 24.3 Å². The van der Waals surface area contributed by atoms with Gasteiger partial charge in [-0.1, -0.05) is 0 Å². The third kappa shape index (κ3) is 3.47. The van der Waals surface area contributed by atoms with E-state index in [2.05, 4.69) is 10.3 Å². The van der Waals surface area contributed by atoms with Gasteiger partial charge in [0.1, 0.15) is 5.75 Å². The molecule has 0 amide bonds. The number of aromatic nitrogens is 1. The highest BCUT2D eigenvalue weighted by Gasteiger charge is 2.22. The minimum absolute atomic E-state index is 0. The highest BCUT2D eigenvalue weighted by atomic mass is 35.5. The molecule has 1 aliphatic heterocycles. The van der Waals surface area contributed by atoms with E-state index in [1.807, 2.05) is 0 Å². The van der Waals surface area contributed by atoms with Crippen LogP contribution < -0.4 is 10.1 Å². The molecule has 1 fully saturated rings. The first-order chi connectivity index (χ1) is 7.36. The van der Waals surface area contributed by atoms with Gasteiger partial charge in [0.2, 0.25) is 0 Å². The summed E-state index contributed by atoms with van der Waals surface area (Å²) in [6, 6.07) is 3.50. The van der Waals surface area contributed by atoms with Gasteiger partial charge in [-0.05, 0) is 38.1 Å². The van der Waals surface area contributed by atoms with Crippen LogP contribution in [0.1, 0.15) is 12.8 Å². The van der Waals surface area contributed by atoms with E-state index in [0.29, 0.717) is 5.75 Å². The molecule has 1 saturated heterocycles. The van der Waals surface area contributed by atoms with E-state index in [1.165, 1.54) is 0 Å². The maximum absolute atomic E-state index is 11.7. The Kier molecular flexibility index (Phi) is 5.22. The van der Waals surface area contributed by atoms with Crippen LogP contribution in [0.3, 0.4) is 0 Å². The normalized spacial score (nSPS) is 16.2. The summed E-state index contributed by atoms with van der Waals surface area (Å²) < 4.78 is 5.22. The van der Waals surface area contributed by atoms with E-state index in [0.717, 1.165) is 25.9 Å². The third-order valence-electron chi connectivity index (χ3n) is 2.53. The number of halogens is 1. The van der Waals surface area contributed by atoms with Crippen molar-refractivity contribution in [2.45, 2.75) is 12.8 Å². The predicted molar refractivity (Wildman–Crippen MR) is 62.7 cm³/mol. The summed E-state index contributed by atoms with van der Waals surface area (Å²) in [5.41, 5.74) is 0. The van der Waals surface area contributed by atoms with Gasteiger partial charge in [-0.2, -0.15) is 0 Å². The van der Waals surface area contributed by atoms with E-state index in [9.17, 15) is 4.79 Å². The largest absolute Gasteiger partial charge is 0.425 e. The van der Waals surface area contributed by atoms with Crippen LogP contribution in [-0.2, 0) is 4.79 Å². The lowest BCUT2D eigenvalue weighted by atomic mass is 9.99. The lowest BCUT2D eigenvalue weighted by Crippen LogP contribution is -2.33. The average molecular weight is 243 g/mol. The van der Waals surface area contributed by atoms with Gasteiger partial charge in [-0.25, -0.2) is 0 Å². The molecule has 1 N–H and O–H groups in total. The first-order valence-electron chi connectivity index (χ1n) is 5.19. The molecule has 0 unspecified atom stereocenters. The molecule has 0 atom stereocenters. The molecule has 0 radical (unpaired) electrons. The molecular formula is C11H15ClN2O2. The fourth-order valence-corrected chi connectivity index (χ4v) is 1.66. The number of carbonyl (C=O) groups is 1. The molecule has 16 heavy (non-hydrogen) atoms. The Morgan fingerprint density at radius 1 is 1.44 bits per heavy atom. The van der Waals surface area contributed by atoms with Gasteiger partial charge >= 0.3 is 5.97 Å². The maximum atomic E-state index is 11.7. The second-order valence-corrected chi connectivity index (χ2v) is 3.63. The molecule has 1 aromatic heterocycles. The van der Waals surface area contributed by atoms with Crippen molar-refractivity contribution in [3.8, 4) is 5.75 Å². The molecule has 2 rings (SSSR count). The maximum Gasteiger partial charge on any atom is 0.314 e. The van der Waals surface area contributed by atoms with E-state index >= 15 is 0 Å². The lowest BCUT2D eigenvalue weighted by molar-refractivity contribution is -0.139. The molecule has 0 aliphatic carbocycles. The molecule has 0 bridgehead atoms. The first-order valence-corrected chi connectivity index (χ1v) is 5.19. The minimum atomic E-state index is -0.135. The van der Waals surface area contributed by atoms with E-state index < -0.39 is 0 Å². The number of piperidine rings is 1. The van der Waals surface area contributed by atoms with Crippen LogP contribution in [0.5, 0.6) is 5.75 Å². The monoisotopic (exact) mass is 242 g/mol. The standard InChI is InChI=1S/C11H14N2O2.ClH/c14-11(9-3-6-12-7-4-9)15-10-2-1-5-13-8-10;/h1-2,5,8-9,12H,3-4,6-7H2;1H. The second kappa shape index (κ2) is 6.45. The number of rotatable bonds is 2. The van der Waals surface area contributed by atoms with Crippen LogP contribution in [0.25, 0.3) is 0 Å². The Balaban J connectivity index is 0.00000128. The molecular weight excluding hydrogens is 228 g/mol. The molecule has 1 aliphatic rings. The van der Waals surface area contributed by atoms with Crippen LogP contribution in [0.4, 0.5) is 0 Å². The summed E-state index contributed by atoms with van der Waals surface area (Å²) in [7, 11) is 0. The predicted octanol–water partition coefficient (Wildman–Crippen LogP) is 1.41. The summed E-state index contributed by atoms with van der Waals surface area (Å²) in [6.07, 6.45) is 4.93. The average Bonchev–Trinajstić information content (AvgIpc) is 2.31. The van der Waals surface area contributed by atoms with Crippen LogP contribution in [0.2, 0.25) is 0 Å². The lowest BCUT2D eigenvalue weighted by Gasteiger charge is -2.20. The Bertz CT molecular complexity index is 326. The van der Waals surface area contributed by atoms with Crippen molar-refractivity contribution in [3.63, 3.8) is 0 Å². The van der Waals surface area contributed by atoms with Gasteiger partial charge in [0.05, 0.1) is 12.1 Å². The zero-order valence-electron chi connectivity index (χ0n) is 8.89. The molecule has 0 aromatic carbocycles. The smallest absolute Gasteiger partial charge is 0.314 e. The SMILES string of the molecule is Cl.O=C(Oc1cccnc1)C1CCNCC1. The Labute approximate surface area is 101 Å². The minimum Gasteiger partial charge on any atom is -0.425 e. The molecule has 4 nitrogen and oxygen atoms in total. The first kappa shape index (κ1) is 12.9. The van der Waals surface area contributed by atoms with Crippen molar-refractivity contribution >= 4 is 18.4 Å². The molecule has 5 heteroatoms. The van der Waals surface area contributed by atoms with Gasteiger partial charge in [0.25, 0.3) is 0 Å². The number of nitrogens with one attached hydrogen (secondary N) is 1. The van der Waals surface area contributed by atoms with Crippen molar-refractivity contribution in [2.24, 2.45) is 5.92 Å². The summed E-state index contributed by atoms with van der Waals surface area (Å²) >= 11 is 0. The molecule has 2 heterocycles. The Morgan fingerprint density at radius 3 is 2.81 bits per heavy atom. The Hall–Kier alpha value is -1.13. The highest BCUT2D eigenvalue weighted by Crippen LogP contribution is 2.16. The topological polar surface area (TPSA) is 51.2 Å². The fourth-order valence-electron chi connectivity index (χ4n) is 1.66. The van der Waals surface area contributed by atoms with E-state index in [4.69, 9.17) is 4.74 Å². The van der Waals surface area contributed by atoms with E-state index in [1.54, 1.807) is 24.5 Å². The van der Waals surface area contributed by atoms with Gasteiger partial charge in [0.15, 0.2) is 0 Å².